The van der Waals surface area contributed by atoms with E-state index in [-0.39, 0.29) is 17.5 Å². The highest BCUT2D eigenvalue weighted by molar-refractivity contribution is 7.98. The topological polar surface area (TPSA) is 65.3 Å². The minimum absolute atomic E-state index is 0.00116. The van der Waals surface area contributed by atoms with Crippen LogP contribution in [0.2, 0.25) is 0 Å². The second kappa shape index (κ2) is 4.06. The molecule has 1 aliphatic carbocycles. The molecule has 0 unspecified atom stereocenters. The average molecular weight is 226 g/mol. The van der Waals surface area contributed by atoms with Crippen molar-refractivity contribution < 1.29 is 9.66 Å². The normalized spacial score (nSPS) is 15.0. The van der Waals surface area contributed by atoms with Gasteiger partial charge in [-0.2, -0.15) is 0 Å². The van der Waals surface area contributed by atoms with Crippen LogP contribution in [0.25, 0.3) is 0 Å². The SMILES string of the molecule is CSc1cc([N+](=O)[O-])c(OC2CC2)cn1. The molecule has 1 heterocycles. The van der Waals surface area contributed by atoms with E-state index in [2.05, 4.69) is 4.98 Å². The minimum Gasteiger partial charge on any atom is -0.482 e. The Morgan fingerprint density at radius 2 is 2.40 bits per heavy atom. The van der Waals surface area contributed by atoms with E-state index in [1.807, 2.05) is 6.26 Å². The molecule has 80 valence electrons. The van der Waals surface area contributed by atoms with Crippen molar-refractivity contribution in [2.75, 3.05) is 6.26 Å². The summed E-state index contributed by atoms with van der Waals surface area (Å²) in [5.41, 5.74) is 0.00116. The molecule has 1 fully saturated rings. The molecule has 0 spiro atoms. The second-order valence-corrected chi connectivity index (χ2v) is 4.10. The minimum atomic E-state index is -0.431. The third-order valence-corrected chi connectivity index (χ3v) is 2.69. The summed E-state index contributed by atoms with van der Waals surface area (Å²) in [5, 5.41) is 11.4. The Kier molecular flexibility index (Phi) is 2.77. The van der Waals surface area contributed by atoms with Crippen LogP contribution >= 0.6 is 11.8 Å². The maximum Gasteiger partial charge on any atom is 0.315 e. The number of pyridine rings is 1. The first-order valence-electron chi connectivity index (χ1n) is 4.56. The van der Waals surface area contributed by atoms with Gasteiger partial charge in [0.1, 0.15) is 5.03 Å². The first-order chi connectivity index (χ1) is 7.20. The number of aromatic nitrogens is 1. The molecule has 1 aliphatic rings. The Balaban J connectivity index is 2.29. The van der Waals surface area contributed by atoms with Crippen molar-refractivity contribution >= 4 is 17.4 Å². The fraction of sp³-hybridized carbons (Fsp3) is 0.444. The highest BCUT2D eigenvalue weighted by Crippen LogP contribution is 2.34. The zero-order valence-electron chi connectivity index (χ0n) is 8.17. The first-order valence-corrected chi connectivity index (χ1v) is 5.78. The average Bonchev–Trinajstić information content (AvgIpc) is 3.02. The maximum absolute atomic E-state index is 10.8. The molecule has 5 nitrogen and oxygen atoms in total. The number of hydrogen-bond donors (Lipinski definition) is 0. The highest BCUT2D eigenvalue weighted by Gasteiger charge is 2.27. The van der Waals surface area contributed by atoms with E-state index in [1.165, 1.54) is 24.0 Å². The van der Waals surface area contributed by atoms with Gasteiger partial charge >= 0.3 is 5.69 Å². The van der Waals surface area contributed by atoms with Crippen LogP contribution in [0.15, 0.2) is 17.3 Å². The Bertz CT molecular complexity index is 393. The van der Waals surface area contributed by atoms with E-state index in [9.17, 15) is 10.1 Å². The summed E-state index contributed by atoms with van der Waals surface area (Å²) in [5.74, 6) is 0.278. The summed E-state index contributed by atoms with van der Waals surface area (Å²) in [7, 11) is 0. The van der Waals surface area contributed by atoms with Crippen molar-refractivity contribution in [2.24, 2.45) is 0 Å². The van der Waals surface area contributed by atoms with E-state index in [1.54, 1.807) is 0 Å². The lowest BCUT2D eigenvalue weighted by Gasteiger charge is -2.05. The third-order valence-electron chi connectivity index (χ3n) is 2.05. The predicted molar refractivity (Wildman–Crippen MR) is 56.3 cm³/mol. The molecule has 1 aromatic heterocycles. The summed E-state index contributed by atoms with van der Waals surface area (Å²) in [6.45, 7) is 0. The molecule has 6 heteroatoms. The van der Waals surface area contributed by atoms with E-state index in [0.717, 1.165) is 12.8 Å². The van der Waals surface area contributed by atoms with Gasteiger partial charge in [-0.25, -0.2) is 4.98 Å². The van der Waals surface area contributed by atoms with Gasteiger partial charge in [0.25, 0.3) is 0 Å². The van der Waals surface area contributed by atoms with Crippen LogP contribution in [0.3, 0.4) is 0 Å². The van der Waals surface area contributed by atoms with Crippen LogP contribution in [0, 0.1) is 10.1 Å². The summed E-state index contributed by atoms with van der Waals surface area (Å²) < 4.78 is 5.40. The van der Waals surface area contributed by atoms with Crippen LogP contribution in [0.5, 0.6) is 5.75 Å². The van der Waals surface area contributed by atoms with E-state index < -0.39 is 4.92 Å². The van der Waals surface area contributed by atoms with Gasteiger partial charge in [-0.1, -0.05) is 0 Å². The van der Waals surface area contributed by atoms with E-state index >= 15 is 0 Å². The number of ether oxygens (including phenoxy) is 1. The summed E-state index contributed by atoms with van der Waals surface area (Å²) >= 11 is 1.37. The molecule has 0 amide bonds. The van der Waals surface area contributed by atoms with Crippen LogP contribution in [0.1, 0.15) is 12.8 Å². The standard InChI is InChI=1S/C9H10N2O3S/c1-15-9-4-7(11(12)13)8(5-10-9)14-6-2-3-6/h4-6H,2-3H2,1H3. The van der Waals surface area contributed by atoms with Gasteiger partial charge in [0.2, 0.25) is 5.75 Å². The van der Waals surface area contributed by atoms with Crippen molar-refractivity contribution in [3.8, 4) is 5.75 Å². The highest BCUT2D eigenvalue weighted by atomic mass is 32.2. The zero-order chi connectivity index (χ0) is 10.8. The van der Waals surface area contributed by atoms with Crippen LogP contribution in [-0.2, 0) is 0 Å². The van der Waals surface area contributed by atoms with Gasteiger partial charge in [0.05, 0.1) is 23.3 Å². The summed E-state index contributed by atoms with van der Waals surface area (Å²) in [4.78, 5) is 14.4. The van der Waals surface area contributed by atoms with Crippen molar-refractivity contribution in [2.45, 2.75) is 24.0 Å². The third kappa shape index (κ3) is 2.38. The number of nitrogens with zero attached hydrogens (tertiary/aromatic N) is 2. The van der Waals surface area contributed by atoms with Gasteiger partial charge in [0, 0.05) is 0 Å². The fourth-order valence-electron chi connectivity index (χ4n) is 1.12. The monoisotopic (exact) mass is 226 g/mol. The molecule has 15 heavy (non-hydrogen) atoms. The predicted octanol–water partition coefficient (Wildman–Crippen LogP) is 2.25. The Morgan fingerprint density at radius 1 is 1.67 bits per heavy atom. The fourth-order valence-corrected chi connectivity index (χ4v) is 1.51. The molecule has 0 aliphatic heterocycles. The van der Waals surface area contributed by atoms with Gasteiger partial charge in [0.15, 0.2) is 0 Å². The smallest absolute Gasteiger partial charge is 0.315 e. The number of hydrogen-bond acceptors (Lipinski definition) is 5. The molecule has 1 aromatic rings. The van der Waals surface area contributed by atoms with Gasteiger partial charge in [-0.3, -0.25) is 10.1 Å². The van der Waals surface area contributed by atoms with E-state index in [4.69, 9.17) is 4.74 Å². The molecular formula is C9H10N2O3S. The molecule has 0 saturated heterocycles. The van der Waals surface area contributed by atoms with Gasteiger partial charge < -0.3 is 4.74 Å². The molecule has 1 saturated carbocycles. The molecule has 0 N–H and O–H groups in total. The summed E-state index contributed by atoms with van der Waals surface area (Å²) in [6, 6.07) is 1.45. The molecule has 0 aromatic carbocycles. The van der Waals surface area contributed by atoms with Gasteiger partial charge in [-0.05, 0) is 19.1 Å². The molecule has 0 bridgehead atoms. The maximum atomic E-state index is 10.8. The molecule has 0 atom stereocenters. The zero-order valence-corrected chi connectivity index (χ0v) is 8.99. The van der Waals surface area contributed by atoms with E-state index in [0.29, 0.717) is 5.03 Å². The van der Waals surface area contributed by atoms with Crippen molar-refractivity contribution in [1.29, 1.82) is 0 Å². The van der Waals surface area contributed by atoms with Crippen molar-refractivity contribution in [1.82, 2.24) is 4.98 Å². The van der Waals surface area contributed by atoms with Crippen molar-refractivity contribution in [3.05, 3.63) is 22.4 Å². The molecular weight excluding hydrogens is 216 g/mol. The lowest BCUT2D eigenvalue weighted by molar-refractivity contribution is -0.386. The second-order valence-electron chi connectivity index (χ2n) is 3.27. The number of rotatable bonds is 4. The van der Waals surface area contributed by atoms with Crippen LogP contribution in [-0.4, -0.2) is 22.3 Å². The Labute approximate surface area is 91.0 Å². The van der Waals surface area contributed by atoms with Crippen LogP contribution < -0.4 is 4.74 Å². The number of nitro groups is 1. The number of thioether (sulfide) groups is 1. The molecule has 0 radical (unpaired) electrons. The lowest BCUT2D eigenvalue weighted by atomic mass is 10.4. The van der Waals surface area contributed by atoms with Crippen molar-refractivity contribution in [3.63, 3.8) is 0 Å². The lowest BCUT2D eigenvalue weighted by Crippen LogP contribution is -2.01. The Morgan fingerprint density at radius 3 is 2.93 bits per heavy atom. The van der Waals surface area contributed by atoms with Crippen LogP contribution in [0.4, 0.5) is 5.69 Å². The van der Waals surface area contributed by atoms with Gasteiger partial charge in [-0.15, -0.1) is 11.8 Å². The first kappa shape index (κ1) is 10.2. The Hall–Kier alpha value is -1.30. The molecule has 2 rings (SSSR count). The summed E-state index contributed by atoms with van der Waals surface area (Å²) in [6.07, 6.45) is 5.35. The largest absolute Gasteiger partial charge is 0.482 e. The quantitative estimate of drug-likeness (QED) is 0.447.